The van der Waals surface area contributed by atoms with Crippen LogP contribution in [-0.4, -0.2) is 36.1 Å². The summed E-state index contributed by atoms with van der Waals surface area (Å²) >= 11 is 6.12. The molecular weight excluding hydrogens is 361 g/mol. The van der Waals surface area contributed by atoms with E-state index >= 15 is 0 Å². The van der Waals surface area contributed by atoms with Crippen LogP contribution in [0.3, 0.4) is 0 Å². The van der Waals surface area contributed by atoms with Crippen molar-refractivity contribution < 1.29 is 24.3 Å². The van der Waals surface area contributed by atoms with Gasteiger partial charge in [-0.15, -0.1) is 20.2 Å². The van der Waals surface area contributed by atoms with Crippen molar-refractivity contribution in [3.05, 3.63) is 5.70 Å². The molecule has 0 saturated carbocycles. The minimum atomic E-state index is -0.160. The number of allylic oxidation sites excluding steroid dienone is 1. The molecule has 0 saturated heterocycles. The fraction of sp³-hybridized carbons (Fsp3) is 0.818. The topological polar surface area (TPSA) is 29.1 Å². The van der Waals surface area contributed by atoms with Crippen LogP contribution in [0.2, 0.25) is 0 Å². The van der Waals surface area contributed by atoms with E-state index in [0.29, 0.717) is 14.3 Å². The number of nitrogens with one attached hydrogen (secondary N) is 1. The molecule has 17 heavy (non-hydrogen) atoms. The van der Waals surface area contributed by atoms with Gasteiger partial charge in [-0.05, 0) is 18.5 Å². The Morgan fingerprint density at radius 1 is 1.29 bits per heavy atom. The van der Waals surface area contributed by atoms with Gasteiger partial charge in [-0.3, -0.25) is 0 Å². The Kier molecular flexibility index (Phi) is 18.0. The van der Waals surface area contributed by atoms with Gasteiger partial charge in [0.25, 0.3) is 0 Å². The number of alkyl halides is 1. The second-order valence-corrected chi connectivity index (χ2v) is 7.30. The third kappa shape index (κ3) is 11.8. The largest absolute Gasteiger partial charge is 2.00 e. The van der Waals surface area contributed by atoms with E-state index in [-0.39, 0.29) is 24.6 Å². The number of rotatable bonds is 10. The molecular formula is C11H22ClNOP2Ru+2. The summed E-state index contributed by atoms with van der Waals surface area (Å²) in [5.74, 6) is 1.94. The van der Waals surface area contributed by atoms with Crippen LogP contribution >= 0.6 is 28.8 Å². The summed E-state index contributed by atoms with van der Waals surface area (Å²) in [4.78, 5) is 10.7. The van der Waals surface area contributed by atoms with Crippen molar-refractivity contribution in [2.75, 3.05) is 25.0 Å². The van der Waals surface area contributed by atoms with Crippen molar-refractivity contribution in [2.45, 2.75) is 31.8 Å². The smallest absolute Gasteiger partial charge is 0.378 e. The van der Waals surface area contributed by atoms with Gasteiger partial charge in [0.05, 0.1) is 0 Å². The van der Waals surface area contributed by atoms with Crippen LogP contribution in [0.25, 0.3) is 0 Å². The fourth-order valence-electron chi connectivity index (χ4n) is 1.14. The normalized spacial score (nSPS) is 12.6. The second-order valence-electron chi connectivity index (χ2n) is 3.51. The van der Waals surface area contributed by atoms with E-state index in [4.69, 9.17) is 11.6 Å². The third-order valence-corrected chi connectivity index (χ3v) is 5.55. The van der Waals surface area contributed by atoms with Crippen LogP contribution in [0.15, 0.2) is 5.70 Å². The van der Waals surface area contributed by atoms with E-state index in [0.717, 1.165) is 33.9 Å². The van der Waals surface area contributed by atoms with Crippen molar-refractivity contribution in [3.8, 4) is 0 Å². The van der Waals surface area contributed by atoms with Crippen LogP contribution in [0, 0.1) is 0 Å². The standard InChI is InChI=1S/C11H22ClNOP2.Ru/c1-3-6-15-8-5-13-10(9-14)11(12)16-7-4-2;/h11,13,15-16H,3-8H2,1-2H3;/q;+2. The van der Waals surface area contributed by atoms with E-state index in [9.17, 15) is 4.79 Å². The summed E-state index contributed by atoms with van der Waals surface area (Å²) in [6.07, 6.45) is 5.85. The maximum atomic E-state index is 10.7. The van der Waals surface area contributed by atoms with E-state index < -0.39 is 0 Å². The zero-order valence-electron chi connectivity index (χ0n) is 10.5. The average molecular weight is 383 g/mol. The van der Waals surface area contributed by atoms with E-state index in [2.05, 4.69) is 19.2 Å². The van der Waals surface area contributed by atoms with E-state index in [1.807, 2.05) is 5.94 Å². The zero-order chi connectivity index (χ0) is 12.2. The van der Waals surface area contributed by atoms with Gasteiger partial charge in [-0.1, -0.05) is 35.3 Å². The Hall–Kier alpha value is 1.02. The number of hydrogen-bond donors (Lipinski definition) is 1. The Balaban J connectivity index is 0. The van der Waals surface area contributed by atoms with Crippen molar-refractivity contribution in [3.63, 3.8) is 0 Å². The molecule has 0 aromatic carbocycles. The Labute approximate surface area is 126 Å². The van der Waals surface area contributed by atoms with Crippen LogP contribution in [0.1, 0.15) is 26.7 Å². The van der Waals surface area contributed by atoms with E-state index in [1.54, 1.807) is 0 Å². The minimum absolute atomic E-state index is 0. The fourth-order valence-corrected chi connectivity index (χ4v) is 3.40. The molecule has 0 rings (SSSR count). The summed E-state index contributed by atoms with van der Waals surface area (Å²) in [7, 11) is 1.59. The molecule has 100 valence electrons. The molecule has 0 amide bonds. The third-order valence-electron chi connectivity index (χ3n) is 1.98. The van der Waals surface area contributed by atoms with Crippen LogP contribution in [-0.2, 0) is 24.3 Å². The van der Waals surface area contributed by atoms with Crippen molar-refractivity contribution in [1.29, 1.82) is 0 Å². The van der Waals surface area contributed by atoms with Crippen molar-refractivity contribution in [1.82, 2.24) is 5.32 Å². The maximum absolute atomic E-state index is 10.7. The SMILES string of the molecule is CCCPCCNC(=C=O)C(Cl)PCCC.[Ru+2]. The van der Waals surface area contributed by atoms with Crippen molar-refractivity contribution >= 4 is 34.7 Å². The van der Waals surface area contributed by atoms with Gasteiger partial charge < -0.3 is 5.32 Å². The molecule has 3 atom stereocenters. The average Bonchev–Trinajstić information content (AvgIpc) is 2.31. The molecule has 1 N–H and O–H groups in total. The maximum Gasteiger partial charge on any atom is 2.00 e. The first-order chi connectivity index (χ1) is 7.76. The van der Waals surface area contributed by atoms with Crippen LogP contribution < -0.4 is 5.32 Å². The molecule has 6 heteroatoms. The molecule has 3 unspecified atom stereocenters. The van der Waals surface area contributed by atoms with E-state index in [1.165, 1.54) is 12.6 Å². The minimum Gasteiger partial charge on any atom is -0.378 e. The first kappa shape index (κ1) is 20.3. The molecule has 0 aliphatic carbocycles. The van der Waals surface area contributed by atoms with Gasteiger partial charge in [0.1, 0.15) is 16.8 Å². The van der Waals surface area contributed by atoms with Gasteiger partial charge in [0.15, 0.2) is 0 Å². The Morgan fingerprint density at radius 2 is 1.94 bits per heavy atom. The van der Waals surface area contributed by atoms with Crippen molar-refractivity contribution in [2.24, 2.45) is 0 Å². The predicted molar refractivity (Wildman–Crippen MR) is 78.7 cm³/mol. The molecule has 0 aromatic heterocycles. The second kappa shape index (κ2) is 15.1. The molecule has 0 fully saturated rings. The molecule has 2 nitrogen and oxygen atoms in total. The number of halogens is 1. The van der Waals surface area contributed by atoms with Crippen LogP contribution in [0.4, 0.5) is 0 Å². The summed E-state index contributed by atoms with van der Waals surface area (Å²) < 4.78 is 0. The molecule has 0 heterocycles. The van der Waals surface area contributed by atoms with Crippen LogP contribution in [0.5, 0.6) is 0 Å². The molecule has 0 bridgehead atoms. The van der Waals surface area contributed by atoms with Gasteiger partial charge in [-0.25, -0.2) is 4.79 Å². The quantitative estimate of drug-likeness (QED) is 0.207. The molecule has 0 aromatic rings. The Morgan fingerprint density at radius 3 is 2.47 bits per heavy atom. The summed E-state index contributed by atoms with van der Waals surface area (Å²) in [5.41, 5.74) is 0.551. The first-order valence-corrected chi connectivity index (χ1v) is 8.96. The predicted octanol–water partition coefficient (Wildman–Crippen LogP) is 3.03. The van der Waals surface area contributed by atoms with Gasteiger partial charge in [0.2, 0.25) is 0 Å². The summed E-state index contributed by atoms with van der Waals surface area (Å²) in [5, 5.41) is 2.95. The van der Waals surface area contributed by atoms with Gasteiger partial charge in [-0.2, -0.15) is 0 Å². The number of carbonyl (C=O) groups excluding carboxylic acids is 1. The molecule has 0 radical (unpaired) electrons. The monoisotopic (exact) mass is 383 g/mol. The molecule has 0 aliphatic heterocycles. The molecule has 0 aliphatic rings. The zero-order valence-corrected chi connectivity index (χ0v) is 15.0. The Bertz CT molecular complexity index is 226. The summed E-state index contributed by atoms with van der Waals surface area (Å²) in [6, 6.07) is 0. The van der Waals surface area contributed by atoms with Gasteiger partial charge in [0, 0.05) is 6.54 Å². The van der Waals surface area contributed by atoms with Gasteiger partial charge >= 0.3 is 19.5 Å². The number of hydrogen-bond acceptors (Lipinski definition) is 2. The molecule has 0 spiro atoms. The first-order valence-electron chi connectivity index (χ1n) is 5.83. The summed E-state index contributed by atoms with van der Waals surface area (Å²) in [6.45, 7) is 5.17.